The van der Waals surface area contributed by atoms with Crippen molar-refractivity contribution in [2.45, 2.75) is 6.92 Å². The molecule has 0 spiro atoms. The zero-order valence-electron chi connectivity index (χ0n) is 10.4. The fourth-order valence-electron chi connectivity index (χ4n) is 1.16. The molecule has 4 nitrogen and oxygen atoms in total. The van der Waals surface area contributed by atoms with E-state index in [-0.39, 0.29) is 31.0 Å². The maximum Gasteiger partial charge on any atom is 1.00 e. The molecule has 1 rings (SSSR count). The molecule has 0 aromatic heterocycles. The molecule has 1 aromatic carbocycles. The van der Waals surface area contributed by atoms with E-state index < -0.39 is 29.1 Å². The van der Waals surface area contributed by atoms with Crippen molar-refractivity contribution in [1.82, 2.24) is 0 Å². The van der Waals surface area contributed by atoms with E-state index in [9.17, 15) is 23.5 Å². The van der Waals surface area contributed by atoms with Gasteiger partial charge in [-0.2, -0.15) is 0 Å². The first-order valence-corrected chi connectivity index (χ1v) is 5.00. The fourth-order valence-corrected chi connectivity index (χ4v) is 1.16. The summed E-state index contributed by atoms with van der Waals surface area (Å²) < 4.78 is 30.0. The Morgan fingerprint density at radius 2 is 1.79 bits per heavy atom. The van der Waals surface area contributed by atoms with Crippen LogP contribution in [0.2, 0.25) is 0 Å². The monoisotopic (exact) mass is 262 g/mol. The van der Waals surface area contributed by atoms with Gasteiger partial charge >= 0.3 is 24.8 Å². The summed E-state index contributed by atoms with van der Waals surface area (Å²) in [6.07, 6.45) is 0.437. The predicted molar refractivity (Wildman–Crippen MR) is 56.0 cm³/mol. The number of ketones is 1. The number of benzene rings is 1. The van der Waals surface area contributed by atoms with Gasteiger partial charge in [0.2, 0.25) is 0 Å². The van der Waals surface area contributed by atoms with Crippen molar-refractivity contribution >= 4 is 17.5 Å². The summed E-state index contributed by atoms with van der Waals surface area (Å²) in [5.41, 5.74) is -0.356. The van der Waals surface area contributed by atoms with Gasteiger partial charge in [-0.15, -0.1) is 0 Å². The van der Waals surface area contributed by atoms with Crippen LogP contribution in [0.1, 0.15) is 12.5 Å². The molecule has 0 bridgehead atoms. The van der Waals surface area contributed by atoms with Gasteiger partial charge in [-0.25, -0.2) is 13.6 Å². The van der Waals surface area contributed by atoms with E-state index in [2.05, 4.69) is 4.74 Å². The summed E-state index contributed by atoms with van der Waals surface area (Å²) >= 11 is 0. The number of hydrogen-bond donors (Lipinski definition) is 0. The fraction of sp³-hybridized carbons (Fsp3) is 0.167. The van der Waals surface area contributed by atoms with Crippen molar-refractivity contribution in [1.29, 1.82) is 0 Å². The van der Waals surface area contributed by atoms with Crippen LogP contribution in [0.5, 0.6) is 0 Å². The van der Waals surface area contributed by atoms with Crippen LogP contribution in [0.4, 0.5) is 8.78 Å². The van der Waals surface area contributed by atoms with Crippen LogP contribution in [0, 0.1) is 11.6 Å². The third-order valence-corrected chi connectivity index (χ3v) is 1.89. The van der Waals surface area contributed by atoms with Crippen LogP contribution in [0.3, 0.4) is 0 Å². The molecule has 0 saturated heterocycles. The van der Waals surface area contributed by atoms with Crippen molar-refractivity contribution in [2.24, 2.45) is 0 Å². The summed E-state index contributed by atoms with van der Waals surface area (Å²) in [6, 6.07) is 2.12. The summed E-state index contributed by atoms with van der Waals surface area (Å²) in [4.78, 5) is 22.1. The van der Waals surface area contributed by atoms with E-state index in [1.54, 1.807) is 0 Å². The van der Waals surface area contributed by atoms with Crippen LogP contribution >= 0.6 is 0 Å². The van der Waals surface area contributed by atoms with Gasteiger partial charge in [-0.3, -0.25) is 4.79 Å². The molecule has 0 aliphatic heterocycles. The summed E-state index contributed by atoms with van der Waals surface area (Å²) in [5, 5.41) is 11.5. The molecule has 0 radical (unpaired) electrons. The predicted octanol–water partition coefficient (Wildman–Crippen LogP) is -2.20. The molecule has 19 heavy (non-hydrogen) atoms. The molecule has 7 heteroatoms. The second kappa shape index (κ2) is 7.72. The molecule has 0 amide bonds. The number of ether oxygens (including phenoxy) is 1. The van der Waals surface area contributed by atoms with Crippen molar-refractivity contribution in [3.05, 3.63) is 41.5 Å². The third-order valence-electron chi connectivity index (χ3n) is 1.89. The molecule has 1 aromatic rings. The quantitative estimate of drug-likeness (QED) is 0.203. The van der Waals surface area contributed by atoms with E-state index in [0.29, 0.717) is 12.1 Å². The Morgan fingerprint density at radius 1 is 1.26 bits per heavy atom. The number of carbonyl (C=O) groups excluding carboxylic acids is 2. The number of carbonyl (C=O) groups is 2. The first-order valence-electron chi connectivity index (χ1n) is 5.00. The second-order valence-electron chi connectivity index (χ2n) is 3.25. The molecular weight excluding hydrogens is 253 g/mol. The topological polar surface area (TPSA) is 66.4 Å². The number of rotatable bonds is 4. The minimum atomic E-state index is -1.19. The third kappa shape index (κ3) is 5.24. The van der Waals surface area contributed by atoms with Crippen molar-refractivity contribution in [3.8, 4) is 0 Å². The Balaban J connectivity index is 0.00000324. The number of esters is 1. The van der Waals surface area contributed by atoms with Gasteiger partial charge in [0.15, 0.2) is 0 Å². The Hall–Kier alpha value is -1.64. The van der Waals surface area contributed by atoms with Crippen LogP contribution in [0.25, 0.3) is 5.76 Å². The number of halogens is 2. The molecule has 0 aliphatic rings. The van der Waals surface area contributed by atoms with Gasteiger partial charge in [0.1, 0.15) is 11.6 Å². The zero-order valence-corrected chi connectivity index (χ0v) is 10.4. The van der Waals surface area contributed by atoms with Crippen LogP contribution < -0.4 is 24.0 Å². The summed E-state index contributed by atoms with van der Waals surface area (Å²) in [6.45, 7) is 1.48. The van der Waals surface area contributed by atoms with Gasteiger partial charge < -0.3 is 9.84 Å². The van der Waals surface area contributed by atoms with Crippen LogP contribution in [-0.2, 0) is 14.3 Å². The van der Waals surface area contributed by atoms with Gasteiger partial charge in [0.05, 0.1) is 6.61 Å². The molecule has 96 valence electrons. The average Bonchev–Trinajstić information content (AvgIpc) is 2.27. The van der Waals surface area contributed by atoms with Crippen molar-refractivity contribution in [3.63, 3.8) is 0 Å². The van der Waals surface area contributed by atoms with Crippen LogP contribution in [-0.4, -0.2) is 18.4 Å². The van der Waals surface area contributed by atoms with E-state index >= 15 is 0 Å². The Morgan fingerprint density at radius 3 is 2.26 bits per heavy atom. The summed E-state index contributed by atoms with van der Waals surface area (Å²) in [7, 11) is 0. The zero-order chi connectivity index (χ0) is 13.7. The number of hydrogen-bond acceptors (Lipinski definition) is 4. The molecule has 0 heterocycles. The molecule has 0 fully saturated rings. The van der Waals surface area contributed by atoms with Crippen LogP contribution in [0.15, 0.2) is 24.3 Å². The van der Waals surface area contributed by atoms with Gasteiger partial charge in [0.25, 0.3) is 5.78 Å². The second-order valence-corrected chi connectivity index (χ2v) is 3.25. The first-order chi connectivity index (χ1) is 8.43. The Bertz CT molecular complexity index is 494. The minimum absolute atomic E-state index is 0. The molecule has 0 N–H and O–H groups in total. The van der Waals surface area contributed by atoms with E-state index in [1.165, 1.54) is 6.92 Å². The average molecular weight is 262 g/mol. The normalized spacial score (nSPS) is 10.6. The standard InChI is InChI=1S/C12H10F2O4.Li/c1-2-18-12(17)11(16)6-10(15)7-3-8(13)5-9(14)4-7;/h3-6,15H,2H2,1H3;/q;+1/p-1/b10-6-;. The van der Waals surface area contributed by atoms with Gasteiger partial charge in [-0.05, 0) is 30.7 Å². The van der Waals surface area contributed by atoms with E-state index in [1.807, 2.05) is 0 Å². The summed E-state index contributed by atoms with van der Waals surface area (Å²) in [5.74, 6) is -5.23. The Kier molecular flexibility index (Phi) is 7.05. The molecule has 0 atom stereocenters. The van der Waals surface area contributed by atoms with E-state index in [4.69, 9.17) is 0 Å². The molecular formula is C12H9F2LiO4. The minimum Gasteiger partial charge on any atom is -0.872 e. The van der Waals surface area contributed by atoms with Crippen molar-refractivity contribution in [2.75, 3.05) is 6.61 Å². The van der Waals surface area contributed by atoms with Gasteiger partial charge in [-0.1, -0.05) is 5.76 Å². The van der Waals surface area contributed by atoms with Gasteiger partial charge in [0, 0.05) is 6.07 Å². The van der Waals surface area contributed by atoms with E-state index in [0.717, 1.165) is 12.1 Å². The molecule has 0 unspecified atom stereocenters. The van der Waals surface area contributed by atoms with Crippen molar-refractivity contribution < 1.29 is 47.1 Å². The molecule has 0 saturated carbocycles. The first kappa shape index (κ1) is 17.4. The SMILES string of the molecule is CCOC(=O)C(=O)/C=C(\[O-])c1cc(F)cc(F)c1.[Li+]. The maximum absolute atomic E-state index is 12.8. The largest absolute Gasteiger partial charge is 1.00 e. The molecule has 0 aliphatic carbocycles. The Labute approximate surface area is 120 Å². The smallest absolute Gasteiger partial charge is 0.872 e. The maximum atomic E-state index is 12.8.